The van der Waals surface area contributed by atoms with E-state index in [-0.39, 0.29) is 0 Å². The maximum absolute atomic E-state index is 6.10. The Morgan fingerprint density at radius 2 is 1.61 bits per heavy atom. The van der Waals surface area contributed by atoms with Gasteiger partial charge in [-0.05, 0) is 48.9 Å². The van der Waals surface area contributed by atoms with Crippen LogP contribution in [-0.4, -0.2) is 26.8 Å². The Morgan fingerprint density at radius 1 is 0.957 bits per heavy atom. The molecule has 2 aromatic carbocycles. The third kappa shape index (κ3) is 5.57. The molecule has 0 unspecified atom stereocenters. The van der Waals surface area contributed by atoms with Gasteiger partial charge in [-0.25, -0.2) is 0 Å². The molecule has 4 nitrogen and oxygen atoms in total. The molecule has 0 heterocycles. The Kier molecular flexibility index (Phi) is 6.88. The molecule has 2 N–H and O–H groups in total. The summed E-state index contributed by atoms with van der Waals surface area (Å²) in [5.41, 5.74) is 2.05. The van der Waals surface area contributed by atoms with Crippen LogP contribution in [0.3, 0.4) is 0 Å². The van der Waals surface area contributed by atoms with Gasteiger partial charge in [0.15, 0.2) is 0 Å². The van der Waals surface area contributed by atoms with Crippen molar-refractivity contribution in [2.24, 2.45) is 0 Å². The van der Waals surface area contributed by atoms with E-state index in [9.17, 15) is 0 Å². The fourth-order valence-corrected chi connectivity index (χ4v) is 2.34. The molecule has 2 aromatic rings. The van der Waals surface area contributed by atoms with Gasteiger partial charge in [-0.2, -0.15) is 0 Å². The molecule has 0 amide bonds. The van der Waals surface area contributed by atoms with Crippen molar-refractivity contribution in [3.05, 3.63) is 47.5 Å². The summed E-state index contributed by atoms with van der Waals surface area (Å²) < 4.78 is 10.7. The van der Waals surface area contributed by atoms with Gasteiger partial charge in [0.25, 0.3) is 0 Å². The molecule has 0 atom stereocenters. The van der Waals surface area contributed by atoms with Gasteiger partial charge in [-0.1, -0.05) is 18.5 Å². The predicted molar refractivity (Wildman–Crippen MR) is 97.2 cm³/mol. The lowest BCUT2D eigenvalue weighted by molar-refractivity contribution is 0.317. The van der Waals surface area contributed by atoms with Gasteiger partial charge in [0.2, 0.25) is 0 Å². The topological polar surface area (TPSA) is 42.5 Å². The fraction of sp³-hybridized carbons (Fsp3) is 0.333. The minimum Gasteiger partial charge on any atom is -0.495 e. The van der Waals surface area contributed by atoms with Gasteiger partial charge < -0.3 is 20.1 Å². The van der Waals surface area contributed by atoms with E-state index in [1.165, 1.54) is 0 Å². The Bertz CT molecular complexity index is 602. The first-order valence-electron chi connectivity index (χ1n) is 7.77. The van der Waals surface area contributed by atoms with Crippen LogP contribution in [0.4, 0.5) is 11.4 Å². The molecule has 0 aliphatic carbocycles. The second-order valence-electron chi connectivity index (χ2n) is 5.08. The molecule has 0 spiro atoms. The maximum Gasteiger partial charge on any atom is 0.137 e. The first-order chi connectivity index (χ1) is 11.2. The average molecular weight is 335 g/mol. The monoisotopic (exact) mass is 334 g/mol. The van der Waals surface area contributed by atoms with Crippen LogP contribution in [0.2, 0.25) is 5.02 Å². The smallest absolute Gasteiger partial charge is 0.137 e. The number of ether oxygens (including phenoxy) is 2. The van der Waals surface area contributed by atoms with Crippen LogP contribution in [-0.2, 0) is 0 Å². The van der Waals surface area contributed by atoms with E-state index in [0.717, 1.165) is 43.2 Å². The molecule has 23 heavy (non-hydrogen) atoms. The van der Waals surface area contributed by atoms with Gasteiger partial charge in [0.05, 0.1) is 18.7 Å². The summed E-state index contributed by atoms with van der Waals surface area (Å²) in [5.74, 6) is 1.59. The largest absolute Gasteiger partial charge is 0.495 e. The molecule has 0 aromatic heterocycles. The summed E-state index contributed by atoms with van der Waals surface area (Å²) in [6, 6.07) is 13.7. The van der Waals surface area contributed by atoms with E-state index >= 15 is 0 Å². The van der Waals surface area contributed by atoms with Crippen LogP contribution in [0.1, 0.15) is 13.3 Å². The van der Waals surface area contributed by atoms with E-state index in [4.69, 9.17) is 21.1 Å². The number of benzene rings is 2. The number of methoxy groups -OCH3 is 1. The van der Waals surface area contributed by atoms with E-state index < -0.39 is 0 Å². The normalized spacial score (nSPS) is 10.2. The fourth-order valence-electron chi connectivity index (χ4n) is 2.08. The SMILES string of the molecule is CCCOc1ccc(NCCNc2ccc(OC)c(Cl)c2)cc1. The van der Waals surface area contributed by atoms with Gasteiger partial charge in [-0.3, -0.25) is 0 Å². The molecular weight excluding hydrogens is 312 g/mol. The van der Waals surface area contributed by atoms with Crippen molar-refractivity contribution < 1.29 is 9.47 Å². The first-order valence-corrected chi connectivity index (χ1v) is 8.15. The van der Waals surface area contributed by atoms with Crippen molar-refractivity contribution in [2.75, 3.05) is 37.4 Å². The quantitative estimate of drug-likeness (QED) is 0.654. The zero-order chi connectivity index (χ0) is 16.5. The zero-order valence-electron chi connectivity index (χ0n) is 13.6. The van der Waals surface area contributed by atoms with Crippen molar-refractivity contribution in [3.8, 4) is 11.5 Å². The van der Waals surface area contributed by atoms with Crippen LogP contribution in [0.5, 0.6) is 11.5 Å². The number of nitrogens with one attached hydrogen (secondary N) is 2. The molecule has 0 radical (unpaired) electrons. The van der Waals surface area contributed by atoms with Crippen LogP contribution in [0, 0.1) is 0 Å². The summed E-state index contributed by atoms with van der Waals surface area (Å²) in [4.78, 5) is 0. The molecule has 5 heteroatoms. The zero-order valence-corrected chi connectivity index (χ0v) is 14.3. The molecule has 0 bridgehead atoms. The summed E-state index contributed by atoms with van der Waals surface area (Å²) in [7, 11) is 1.61. The average Bonchev–Trinajstić information content (AvgIpc) is 2.58. The van der Waals surface area contributed by atoms with Crippen LogP contribution in [0.15, 0.2) is 42.5 Å². The molecule has 0 saturated heterocycles. The molecule has 124 valence electrons. The molecule has 0 aliphatic heterocycles. The predicted octanol–water partition coefficient (Wildman–Crippen LogP) is 4.66. The van der Waals surface area contributed by atoms with Gasteiger partial charge in [-0.15, -0.1) is 0 Å². The minimum absolute atomic E-state index is 0.605. The van der Waals surface area contributed by atoms with E-state index in [1.54, 1.807) is 7.11 Å². The molecular formula is C18H23ClN2O2. The van der Waals surface area contributed by atoms with Crippen molar-refractivity contribution >= 4 is 23.0 Å². The van der Waals surface area contributed by atoms with Crippen molar-refractivity contribution in [2.45, 2.75) is 13.3 Å². The van der Waals surface area contributed by atoms with E-state index in [0.29, 0.717) is 10.8 Å². The van der Waals surface area contributed by atoms with Crippen LogP contribution >= 0.6 is 11.6 Å². The second kappa shape index (κ2) is 9.16. The lowest BCUT2D eigenvalue weighted by Crippen LogP contribution is -2.13. The molecule has 2 rings (SSSR count). The summed E-state index contributed by atoms with van der Waals surface area (Å²) >= 11 is 6.10. The minimum atomic E-state index is 0.605. The molecule has 0 fully saturated rings. The number of rotatable bonds is 9. The van der Waals surface area contributed by atoms with Gasteiger partial charge in [0.1, 0.15) is 11.5 Å². The van der Waals surface area contributed by atoms with Gasteiger partial charge in [0, 0.05) is 24.5 Å². The standard InChI is InChI=1S/C18H23ClN2O2/c1-3-12-23-16-7-4-14(5-8-16)20-10-11-21-15-6-9-18(22-2)17(19)13-15/h4-9,13,20-21H,3,10-12H2,1-2H3. The van der Waals surface area contributed by atoms with E-state index in [1.807, 2.05) is 42.5 Å². The number of anilines is 2. The van der Waals surface area contributed by atoms with E-state index in [2.05, 4.69) is 17.6 Å². The second-order valence-corrected chi connectivity index (χ2v) is 5.48. The highest BCUT2D eigenvalue weighted by atomic mass is 35.5. The summed E-state index contributed by atoms with van der Waals surface area (Å²) in [6.45, 7) is 4.44. The molecule has 0 saturated carbocycles. The first kappa shape index (κ1) is 17.3. The molecule has 0 aliphatic rings. The van der Waals surface area contributed by atoms with Crippen LogP contribution < -0.4 is 20.1 Å². The van der Waals surface area contributed by atoms with Crippen molar-refractivity contribution in [1.82, 2.24) is 0 Å². The Morgan fingerprint density at radius 3 is 2.22 bits per heavy atom. The van der Waals surface area contributed by atoms with Crippen molar-refractivity contribution in [1.29, 1.82) is 0 Å². The number of hydrogen-bond acceptors (Lipinski definition) is 4. The summed E-state index contributed by atoms with van der Waals surface area (Å²) in [5, 5.41) is 7.28. The number of halogens is 1. The Balaban J connectivity index is 1.73. The third-order valence-electron chi connectivity index (χ3n) is 3.26. The summed E-state index contributed by atoms with van der Waals surface area (Å²) in [6.07, 6.45) is 1.01. The highest BCUT2D eigenvalue weighted by molar-refractivity contribution is 6.32. The maximum atomic E-state index is 6.10. The third-order valence-corrected chi connectivity index (χ3v) is 3.56. The lowest BCUT2D eigenvalue weighted by Gasteiger charge is -2.11. The van der Waals surface area contributed by atoms with Crippen LogP contribution in [0.25, 0.3) is 0 Å². The van der Waals surface area contributed by atoms with Gasteiger partial charge >= 0.3 is 0 Å². The highest BCUT2D eigenvalue weighted by Gasteiger charge is 2.01. The Hall–Kier alpha value is -2.07. The Labute approximate surface area is 142 Å². The lowest BCUT2D eigenvalue weighted by atomic mass is 10.3. The number of hydrogen-bond donors (Lipinski definition) is 2. The highest BCUT2D eigenvalue weighted by Crippen LogP contribution is 2.27. The van der Waals surface area contributed by atoms with Crippen molar-refractivity contribution in [3.63, 3.8) is 0 Å².